The van der Waals surface area contributed by atoms with Gasteiger partial charge in [-0.15, -0.1) is 11.3 Å². The van der Waals surface area contributed by atoms with Gasteiger partial charge in [0.2, 0.25) is 5.13 Å². The van der Waals surface area contributed by atoms with E-state index >= 15 is 0 Å². The van der Waals surface area contributed by atoms with E-state index in [0.717, 1.165) is 11.3 Å². The van der Waals surface area contributed by atoms with Gasteiger partial charge >= 0.3 is 0 Å². The molecule has 2 rings (SSSR count). The Bertz CT molecular complexity index is 608. The first-order valence-corrected chi connectivity index (χ1v) is 8.33. The van der Waals surface area contributed by atoms with E-state index in [-0.39, 0.29) is 0 Å². The highest BCUT2D eigenvalue weighted by Gasteiger charge is 2.09. The Morgan fingerprint density at radius 1 is 1.41 bits per heavy atom. The molecule has 0 spiro atoms. The molecule has 0 aromatic carbocycles. The van der Waals surface area contributed by atoms with Crippen molar-refractivity contribution in [1.82, 2.24) is 13.7 Å². The summed E-state index contributed by atoms with van der Waals surface area (Å²) in [6, 6.07) is 0. The van der Waals surface area contributed by atoms with Crippen molar-refractivity contribution in [2.45, 2.75) is 0 Å². The Hall–Kier alpha value is -0.830. The monoisotopic (exact) mass is 288 g/mol. The second-order valence-electron chi connectivity index (χ2n) is 3.59. The molecule has 1 unspecified atom stereocenters. The summed E-state index contributed by atoms with van der Waals surface area (Å²) in [4.78, 5) is 4.33. The molecular formula is C9H12N4OS3. The fraction of sp³-hybridized carbons (Fsp3) is 0.333. The Kier molecular flexibility index (Phi) is 3.57. The van der Waals surface area contributed by atoms with E-state index in [2.05, 4.69) is 13.7 Å². The van der Waals surface area contributed by atoms with Crippen LogP contribution in [0, 0.1) is 0 Å². The quantitative estimate of drug-likeness (QED) is 0.871. The van der Waals surface area contributed by atoms with Crippen LogP contribution in [0.25, 0.3) is 11.3 Å². The molecule has 1 atom stereocenters. The minimum atomic E-state index is -2.36. The van der Waals surface area contributed by atoms with Gasteiger partial charge in [0.1, 0.15) is 9.92 Å². The molecule has 0 saturated carbocycles. The Balaban J connectivity index is 2.35. The third kappa shape index (κ3) is 2.89. The normalized spacial score (nSPS) is 14.8. The van der Waals surface area contributed by atoms with Crippen molar-refractivity contribution in [3.63, 3.8) is 0 Å². The molecule has 8 heteroatoms. The maximum absolute atomic E-state index is 12.1. The number of thiazole rings is 1. The van der Waals surface area contributed by atoms with Crippen molar-refractivity contribution < 1.29 is 4.21 Å². The summed E-state index contributed by atoms with van der Waals surface area (Å²) in [6.07, 6.45) is 3.36. The Morgan fingerprint density at radius 3 is 2.76 bits per heavy atom. The van der Waals surface area contributed by atoms with Crippen molar-refractivity contribution in [1.29, 1.82) is 0 Å². The first kappa shape index (κ1) is 12.6. The molecule has 0 aliphatic heterocycles. The van der Waals surface area contributed by atoms with E-state index < -0.39 is 9.92 Å². The molecule has 0 fully saturated rings. The molecule has 2 aromatic rings. The Morgan fingerprint density at radius 2 is 2.18 bits per heavy atom. The van der Waals surface area contributed by atoms with Gasteiger partial charge < -0.3 is 0 Å². The summed E-state index contributed by atoms with van der Waals surface area (Å²) in [7, 11) is 1.11. The largest absolute Gasteiger partial charge is 0.233 e. The lowest BCUT2D eigenvalue weighted by molar-refractivity contribution is 0.598. The van der Waals surface area contributed by atoms with Crippen molar-refractivity contribution in [3.05, 3.63) is 17.0 Å². The average Bonchev–Trinajstić information content (AvgIpc) is 2.85. The van der Waals surface area contributed by atoms with Crippen LogP contribution in [0.1, 0.15) is 0 Å². The van der Waals surface area contributed by atoms with Crippen LogP contribution in [0.15, 0.2) is 21.3 Å². The first-order valence-electron chi connectivity index (χ1n) is 4.74. The van der Waals surface area contributed by atoms with Gasteiger partial charge in [-0.1, -0.05) is 0 Å². The summed E-state index contributed by atoms with van der Waals surface area (Å²) in [5, 5.41) is 4.36. The van der Waals surface area contributed by atoms with Gasteiger partial charge in [-0.3, -0.25) is 0 Å². The summed E-state index contributed by atoms with van der Waals surface area (Å²) in [5.41, 5.74) is 1.80. The van der Waals surface area contributed by atoms with Gasteiger partial charge in [-0.05, 0) is 11.5 Å². The van der Waals surface area contributed by atoms with Gasteiger partial charge in [-0.25, -0.2) is 17.9 Å². The predicted octanol–water partition coefficient (Wildman–Crippen LogP) is 2.47. The lowest BCUT2D eigenvalue weighted by Crippen LogP contribution is -2.19. The zero-order valence-corrected chi connectivity index (χ0v) is 12.1. The van der Waals surface area contributed by atoms with Crippen LogP contribution in [-0.2, 0) is 9.92 Å². The Labute approximate surface area is 109 Å². The first-order chi connectivity index (χ1) is 7.99. The molecule has 5 nitrogen and oxygen atoms in total. The van der Waals surface area contributed by atoms with E-state index in [0.29, 0.717) is 5.13 Å². The summed E-state index contributed by atoms with van der Waals surface area (Å²) in [5.74, 6) is 0. The highest BCUT2D eigenvalue weighted by Crippen LogP contribution is 2.28. The molecule has 0 N–H and O–H groups in total. The molecule has 0 bridgehead atoms. The van der Waals surface area contributed by atoms with E-state index in [1.165, 1.54) is 22.9 Å². The SMILES string of the molecule is CN(C)S(C)(=O)=Nc1nc(-c2cnsc2)cs1. The number of rotatable bonds is 3. The third-order valence-electron chi connectivity index (χ3n) is 2.15. The van der Waals surface area contributed by atoms with Crippen LogP contribution in [0.3, 0.4) is 0 Å². The second kappa shape index (κ2) is 4.81. The lowest BCUT2D eigenvalue weighted by Gasteiger charge is -2.10. The zero-order chi connectivity index (χ0) is 12.5. The highest BCUT2D eigenvalue weighted by atomic mass is 32.2. The third-order valence-corrected chi connectivity index (χ3v) is 5.45. The molecule has 0 amide bonds. The molecule has 0 radical (unpaired) electrons. The van der Waals surface area contributed by atoms with Crippen LogP contribution in [-0.4, -0.2) is 38.2 Å². The number of nitrogens with zero attached hydrogens (tertiary/aromatic N) is 4. The maximum Gasteiger partial charge on any atom is 0.219 e. The van der Waals surface area contributed by atoms with Gasteiger partial charge in [0, 0.05) is 36.7 Å². The van der Waals surface area contributed by atoms with Crippen LogP contribution in [0.4, 0.5) is 5.13 Å². The topological polar surface area (TPSA) is 58.5 Å². The van der Waals surface area contributed by atoms with Crippen molar-refractivity contribution in [3.8, 4) is 11.3 Å². The van der Waals surface area contributed by atoms with E-state index in [9.17, 15) is 4.21 Å². The molecule has 2 aromatic heterocycles. The minimum Gasteiger partial charge on any atom is -0.233 e. The van der Waals surface area contributed by atoms with Crippen molar-refractivity contribution in [2.24, 2.45) is 4.36 Å². The van der Waals surface area contributed by atoms with Crippen LogP contribution in [0.2, 0.25) is 0 Å². The molecule has 17 heavy (non-hydrogen) atoms. The smallest absolute Gasteiger partial charge is 0.219 e. The average molecular weight is 288 g/mol. The summed E-state index contributed by atoms with van der Waals surface area (Å²) in [6.45, 7) is 0. The highest BCUT2D eigenvalue weighted by molar-refractivity contribution is 7.90. The van der Waals surface area contributed by atoms with Crippen molar-refractivity contribution >= 4 is 37.9 Å². The van der Waals surface area contributed by atoms with Crippen LogP contribution < -0.4 is 0 Å². The summed E-state index contributed by atoms with van der Waals surface area (Å²) < 4.78 is 21.9. The van der Waals surface area contributed by atoms with Gasteiger partial charge in [0.15, 0.2) is 0 Å². The number of hydrogen-bond donors (Lipinski definition) is 0. The lowest BCUT2D eigenvalue weighted by atomic mass is 10.3. The fourth-order valence-corrected chi connectivity index (χ4v) is 3.16. The predicted molar refractivity (Wildman–Crippen MR) is 73.1 cm³/mol. The molecule has 0 aliphatic carbocycles. The minimum absolute atomic E-state index is 0.535. The van der Waals surface area contributed by atoms with E-state index in [4.69, 9.17) is 0 Å². The molecule has 92 valence electrons. The summed E-state index contributed by atoms with van der Waals surface area (Å²) >= 11 is 2.77. The molecular weight excluding hydrogens is 276 g/mol. The molecule has 0 saturated heterocycles. The number of aromatic nitrogens is 2. The van der Waals surface area contributed by atoms with Crippen LogP contribution >= 0.6 is 22.9 Å². The van der Waals surface area contributed by atoms with Gasteiger partial charge in [-0.2, -0.15) is 4.36 Å². The van der Waals surface area contributed by atoms with Gasteiger partial charge in [0.05, 0.1) is 11.9 Å². The molecule has 2 heterocycles. The van der Waals surface area contributed by atoms with E-state index in [1.807, 2.05) is 10.8 Å². The van der Waals surface area contributed by atoms with Crippen LogP contribution in [0.5, 0.6) is 0 Å². The van der Waals surface area contributed by atoms with Crippen molar-refractivity contribution in [2.75, 3.05) is 20.4 Å². The standard InChI is InChI=1S/C9H12N4OS3/c1-13(2)17(3,14)12-9-11-8(6-15-9)7-4-10-16-5-7/h4-6H,1-3H3. The molecule has 0 aliphatic rings. The maximum atomic E-state index is 12.1. The van der Waals surface area contributed by atoms with E-state index in [1.54, 1.807) is 30.9 Å². The zero-order valence-electron chi connectivity index (χ0n) is 9.65. The fourth-order valence-electron chi connectivity index (χ4n) is 0.997. The number of hydrogen-bond acceptors (Lipinski definition) is 6. The second-order valence-corrected chi connectivity index (χ2v) is 7.53. The van der Waals surface area contributed by atoms with Gasteiger partial charge in [0.25, 0.3) is 0 Å².